The van der Waals surface area contributed by atoms with Crippen LogP contribution in [0, 0.1) is 3.57 Å². The number of anilines is 1. The first-order chi connectivity index (χ1) is 12.7. The molecule has 1 fully saturated rings. The predicted molar refractivity (Wildman–Crippen MR) is 107 cm³/mol. The van der Waals surface area contributed by atoms with Crippen LogP contribution in [0.5, 0.6) is 5.75 Å². The predicted octanol–water partition coefficient (Wildman–Crippen LogP) is 3.21. The molecule has 0 atom stereocenters. The van der Waals surface area contributed by atoms with Gasteiger partial charge in [-0.15, -0.1) is 0 Å². The second-order valence-electron chi connectivity index (χ2n) is 5.95. The third-order valence-corrected chi connectivity index (χ3v) is 5.25. The molecule has 0 N–H and O–H groups in total. The Morgan fingerprint density at radius 2 is 2.08 bits per heavy atom. The lowest BCUT2D eigenvalue weighted by molar-refractivity contribution is 0.121. The number of fused-ring (bicyclic) bond motifs is 1. The molecular formula is C19H17IN2O4. The van der Waals surface area contributed by atoms with Crippen molar-refractivity contribution in [3.63, 3.8) is 0 Å². The zero-order valence-corrected chi connectivity index (χ0v) is 16.1. The molecule has 134 valence electrons. The van der Waals surface area contributed by atoms with Crippen molar-refractivity contribution in [2.24, 2.45) is 0 Å². The van der Waals surface area contributed by atoms with E-state index in [4.69, 9.17) is 13.9 Å². The quantitative estimate of drug-likeness (QED) is 0.553. The topological polar surface area (TPSA) is 64.8 Å². The first kappa shape index (κ1) is 17.3. The third-order valence-electron chi connectivity index (χ3n) is 4.23. The van der Waals surface area contributed by atoms with E-state index >= 15 is 0 Å². The monoisotopic (exact) mass is 464 g/mol. The van der Waals surface area contributed by atoms with Gasteiger partial charge in [-0.2, -0.15) is 0 Å². The lowest BCUT2D eigenvalue weighted by atomic mass is 10.2. The summed E-state index contributed by atoms with van der Waals surface area (Å²) in [7, 11) is 0. The van der Waals surface area contributed by atoms with Gasteiger partial charge in [0, 0.05) is 37.1 Å². The molecule has 1 aliphatic rings. The summed E-state index contributed by atoms with van der Waals surface area (Å²) in [6, 6.07) is 8.95. The van der Waals surface area contributed by atoms with Crippen molar-refractivity contribution in [3.05, 3.63) is 62.1 Å². The van der Waals surface area contributed by atoms with Crippen LogP contribution in [-0.2, 0) is 11.3 Å². The van der Waals surface area contributed by atoms with Gasteiger partial charge in [0.05, 0.1) is 22.2 Å². The van der Waals surface area contributed by atoms with E-state index < -0.39 is 0 Å². The number of hydrogen-bond acceptors (Lipinski definition) is 6. The molecule has 0 bridgehead atoms. The summed E-state index contributed by atoms with van der Waals surface area (Å²) in [5, 5.41) is 0.556. The second kappa shape index (κ2) is 7.63. The minimum absolute atomic E-state index is 0.0514. The average molecular weight is 464 g/mol. The molecule has 26 heavy (non-hydrogen) atoms. The Kier molecular flexibility index (Phi) is 5.07. The maximum Gasteiger partial charge on any atom is 0.200 e. The first-order valence-electron chi connectivity index (χ1n) is 8.33. The van der Waals surface area contributed by atoms with Crippen molar-refractivity contribution in [3.8, 4) is 5.75 Å². The number of rotatable bonds is 4. The molecule has 0 saturated carbocycles. The zero-order valence-electron chi connectivity index (χ0n) is 14.0. The Bertz CT molecular complexity index is 968. The second-order valence-corrected chi connectivity index (χ2v) is 7.03. The van der Waals surface area contributed by atoms with Crippen molar-refractivity contribution >= 4 is 39.4 Å². The summed E-state index contributed by atoms with van der Waals surface area (Å²) in [5.41, 5.74) is 1.49. The molecular weight excluding hydrogens is 447 g/mol. The van der Waals surface area contributed by atoms with E-state index in [0.717, 1.165) is 9.13 Å². The van der Waals surface area contributed by atoms with Crippen LogP contribution < -0.4 is 15.1 Å². The highest BCUT2D eigenvalue weighted by Gasteiger charge is 2.18. The van der Waals surface area contributed by atoms with Crippen molar-refractivity contribution in [1.82, 2.24) is 4.98 Å². The molecule has 3 aromatic rings. The van der Waals surface area contributed by atoms with E-state index in [1.54, 1.807) is 24.5 Å². The maximum absolute atomic E-state index is 12.5. The third kappa shape index (κ3) is 3.54. The van der Waals surface area contributed by atoms with Gasteiger partial charge < -0.3 is 18.8 Å². The molecule has 0 aliphatic carbocycles. The van der Waals surface area contributed by atoms with Crippen LogP contribution >= 0.6 is 22.6 Å². The van der Waals surface area contributed by atoms with Crippen molar-refractivity contribution in [2.45, 2.75) is 6.61 Å². The molecule has 6 nitrogen and oxygen atoms in total. The van der Waals surface area contributed by atoms with E-state index in [9.17, 15) is 4.79 Å². The molecule has 1 aromatic carbocycles. The summed E-state index contributed by atoms with van der Waals surface area (Å²) in [6.45, 7) is 3.09. The van der Waals surface area contributed by atoms with Crippen molar-refractivity contribution in [2.75, 3.05) is 31.2 Å². The van der Waals surface area contributed by atoms with Gasteiger partial charge in [0.1, 0.15) is 12.4 Å². The highest BCUT2D eigenvalue weighted by atomic mass is 127. The highest BCUT2D eigenvalue weighted by molar-refractivity contribution is 14.1. The molecule has 2 aromatic heterocycles. The van der Waals surface area contributed by atoms with Gasteiger partial charge in [-0.25, -0.2) is 0 Å². The highest BCUT2D eigenvalue weighted by Crippen LogP contribution is 2.31. The fourth-order valence-electron chi connectivity index (χ4n) is 2.85. The van der Waals surface area contributed by atoms with Gasteiger partial charge in [0.2, 0.25) is 0 Å². The van der Waals surface area contributed by atoms with Crippen molar-refractivity contribution < 1.29 is 13.9 Å². The number of pyridine rings is 1. The summed E-state index contributed by atoms with van der Waals surface area (Å²) in [6.07, 6.45) is 3.50. The number of nitrogens with zero attached hydrogens (tertiary/aromatic N) is 2. The number of aromatic nitrogens is 1. The molecule has 0 unspecified atom stereocenters. The molecule has 4 rings (SSSR count). The number of ether oxygens (including phenoxy) is 2. The largest absolute Gasteiger partial charge is 0.488 e. The Labute approximate surface area is 163 Å². The Morgan fingerprint density at radius 1 is 1.23 bits per heavy atom. The molecule has 0 amide bonds. The first-order valence-corrected chi connectivity index (χ1v) is 9.41. The van der Waals surface area contributed by atoms with E-state index in [-0.39, 0.29) is 5.43 Å². The van der Waals surface area contributed by atoms with Gasteiger partial charge >= 0.3 is 0 Å². The summed E-state index contributed by atoms with van der Waals surface area (Å²) < 4.78 is 18.1. The molecule has 3 heterocycles. The Balaban J connectivity index is 1.67. The molecule has 0 spiro atoms. The van der Waals surface area contributed by atoms with E-state index in [0.29, 0.717) is 55.5 Å². The summed E-state index contributed by atoms with van der Waals surface area (Å²) in [5.74, 6) is 1.26. The van der Waals surface area contributed by atoms with Gasteiger partial charge in [-0.05, 0) is 40.8 Å². The number of benzene rings is 1. The summed E-state index contributed by atoms with van der Waals surface area (Å²) in [4.78, 5) is 18.6. The van der Waals surface area contributed by atoms with Gasteiger partial charge in [0.15, 0.2) is 16.9 Å². The van der Waals surface area contributed by atoms with Crippen LogP contribution in [-0.4, -0.2) is 31.3 Å². The van der Waals surface area contributed by atoms with Gasteiger partial charge in [0.25, 0.3) is 0 Å². The standard InChI is InChI=1S/C19H17IN2O4/c20-18-16(25-12-13-2-1-5-21-11-13)4-3-14-15(23)10-17(26-19(14)18)22-6-8-24-9-7-22/h1-5,10-11H,6-9,12H2. The fraction of sp³-hybridized carbons (Fsp3) is 0.263. The van der Waals surface area contributed by atoms with Gasteiger partial charge in [-0.1, -0.05) is 6.07 Å². The van der Waals surface area contributed by atoms with E-state index in [1.807, 2.05) is 23.1 Å². The molecule has 7 heteroatoms. The number of halogens is 1. The lowest BCUT2D eigenvalue weighted by Crippen LogP contribution is -2.36. The van der Waals surface area contributed by atoms with Crippen LogP contribution in [0.25, 0.3) is 11.0 Å². The average Bonchev–Trinajstić information content (AvgIpc) is 2.69. The van der Waals surface area contributed by atoms with Crippen LogP contribution in [0.2, 0.25) is 0 Å². The summed E-state index contributed by atoms with van der Waals surface area (Å²) >= 11 is 2.17. The van der Waals surface area contributed by atoms with Crippen molar-refractivity contribution in [1.29, 1.82) is 0 Å². The fourth-order valence-corrected chi connectivity index (χ4v) is 3.59. The molecule has 1 aliphatic heterocycles. The minimum Gasteiger partial charge on any atom is -0.488 e. The van der Waals surface area contributed by atoms with Crippen LogP contribution in [0.3, 0.4) is 0 Å². The lowest BCUT2D eigenvalue weighted by Gasteiger charge is -2.27. The molecule has 1 saturated heterocycles. The molecule has 0 radical (unpaired) electrons. The number of morpholine rings is 1. The van der Waals surface area contributed by atoms with Crippen LogP contribution in [0.15, 0.2) is 51.9 Å². The smallest absolute Gasteiger partial charge is 0.200 e. The maximum atomic E-state index is 12.5. The Hall–Kier alpha value is -2.13. The minimum atomic E-state index is -0.0514. The zero-order chi connectivity index (χ0) is 17.9. The van der Waals surface area contributed by atoms with Crippen LogP contribution in [0.4, 0.5) is 5.88 Å². The van der Waals surface area contributed by atoms with Gasteiger partial charge in [-0.3, -0.25) is 9.78 Å². The van der Waals surface area contributed by atoms with E-state index in [2.05, 4.69) is 27.6 Å². The normalized spacial score (nSPS) is 14.6. The SMILES string of the molecule is O=c1cc(N2CCOCC2)oc2c(I)c(OCc3cccnc3)ccc12. The Morgan fingerprint density at radius 3 is 2.85 bits per heavy atom. The number of hydrogen-bond donors (Lipinski definition) is 0. The van der Waals surface area contributed by atoms with Crippen LogP contribution in [0.1, 0.15) is 5.56 Å². The van der Waals surface area contributed by atoms with E-state index in [1.165, 1.54) is 0 Å².